The lowest BCUT2D eigenvalue weighted by Crippen LogP contribution is -2.55. The number of ketones is 1. The summed E-state index contributed by atoms with van der Waals surface area (Å²) in [6.45, 7) is 23.2. The van der Waals surface area contributed by atoms with Gasteiger partial charge in [0.15, 0.2) is 5.78 Å². The largest absolute Gasteiger partial charge is 0.481 e. The van der Waals surface area contributed by atoms with Crippen LogP contribution in [0.5, 0.6) is 0 Å². The lowest BCUT2D eigenvalue weighted by atomic mass is 9.74. The summed E-state index contributed by atoms with van der Waals surface area (Å²) in [5.74, 6) is -4.23. The van der Waals surface area contributed by atoms with Gasteiger partial charge >= 0.3 is 11.9 Å². The van der Waals surface area contributed by atoms with Crippen molar-refractivity contribution in [2.75, 3.05) is 33.0 Å². The molecule has 260 valence electrons. The summed E-state index contributed by atoms with van der Waals surface area (Å²) in [6, 6.07) is -1.38. The predicted molar refractivity (Wildman–Crippen MR) is 170 cm³/mol. The molecule has 0 saturated carbocycles. The summed E-state index contributed by atoms with van der Waals surface area (Å²) in [5, 5.41) is 26.4. The van der Waals surface area contributed by atoms with Gasteiger partial charge in [0.05, 0.1) is 25.2 Å². The van der Waals surface area contributed by atoms with Gasteiger partial charge in [0.2, 0.25) is 17.7 Å². The van der Waals surface area contributed by atoms with E-state index in [-0.39, 0.29) is 58.0 Å². The number of carbonyl (C=O) groups is 6. The van der Waals surface area contributed by atoms with Crippen LogP contribution >= 0.6 is 0 Å². The molecule has 0 rings (SSSR count). The van der Waals surface area contributed by atoms with E-state index in [1.54, 1.807) is 0 Å². The van der Waals surface area contributed by atoms with Crippen molar-refractivity contribution >= 4 is 35.4 Å². The molecule has 0 aromatic carbocycles. The number of carboxylic acid groups (broad SMARTS) is 2. The second kappa shape index (κ2) is 25.3. The Morgan fingerprint density at radius 2 is 1.23 bits per heavy atom. The molecule has 13 nitrogen and oxygen atoms in total. The third-order valence-electron chi connectivity index (χ3n) is 5.57. The first-order chi connectivity index (χ1) is 20.3. The third kappa shape index (κ3) is 22.5. The van der Waals surface area contributed by atoms with Gasteiger partial charge in [0.1, 0.15) is 18.2 Å². The maximum atomic E-state index is 12.7. The molecule has 0 aliphatic carbocycles. The number of hydrogen-bond acceptors (Lipinski definition) is 8. The number of ether oxygens (including phenoxy) is 2. The van der Waals surface area contributed by atoms with Gasteiger partial charge in [-0.05, 0) is 47.5 Å². The summed E-state index contributed by atoms with van der Waals surface area (Å²) in [4.78, 5) is 71.4. The number of rotatable bonds is 19. The smallest absolute Gasteiger partial charge is 0.326 e. The van der Waals surface area contributed by atoms with Crippen LogP contribution in [0.3, 0.4) is 0 Å². The lowest BCUT2D eigenvalue weighted by Gasteiger charge is -2.32. The van der Waals surface area contributed by atoms with Crippen molar-refractivity contribution in [1.29, 1.82) is 0 Å². The summed E-state index contributed by atoms with van der Waals surface area (Å²) >= 11 is 0. The Bertz CT molecular complexity index is 871. The van der Waals surface area contributed by atoms with Crippen LogP contribution in [0.4, 0.5) is 0 Å². The van der Waals surface area contributed by atoms with Crippen LogP contribution in [0.2, 0.25) is 0 Å². The SMILES string of the molecule is CC.CC.CC.CC(=O)COCCOCCNC(=O)C(C)(C)NC(=O)CCC(NC(=O)C(C)(C)CC(C)(C)C(=O)O)C(=O)O. The summed E-state index contributed by atoms with van der Waals surface area (Å²) in [5.41, 5.74) is -3.68. The molecule has 0 spiro atoms. The number of amides is 3. The van der Waals surface area contributed by atoms with E-state index in [4.69, 9.17) is 9.47 Å². The topological polar surface area (TPSA) is 197 Å². The Kier molecular flexibility index (Phi) is 27.5. The van der Waals surface area contributed by atoms with Gasteiger partial charge in [-0.15, -0.1) is 0 Å². The highest BCUT2D eigenvalue weighted by atomic mass is 16.5. The van der Waals surface area contributed by atoms with Crippen LogP contribution in [0.15, 0.2) is 0 Å². The number of Topliss-reactive ketones (excluding diaryl/α,β-unsaturated/α-hetero) is 1. The van der Waals surface area contributed by atoms with Crippen LogP contribution in [0, 0.1) is 10.8 Å². The van der Waals surface area contributed by atoms with Crippen molar-refractivity contribution in [2.24, 2.45) is 10.8 Å². The molecular formula is C31H61N3O10. The van der Waals surface area contributed by atoms with Crippen molar-refractivity contribution in [3.05, 3.63) is 0 Å². The second-order valence-electron chi connectivity index (χ2n) is 10.9. The van der Waals surface area contributed by atoms with E-state index in [0.29, 0.717) is 0 Å². The number of aliphatic carboxylic acids is 2. The Morgan fingerprint density at radius 3 is 1.68 bits per heavy atom. The molecule has 0 aromatic heterocycles. The predicted octanol–water partition coefficient (Wildman–Crippen LogP) is 3.57. The maximum Gasteiger partial charge on any atom is 0.326 e. The molecule has 3 amide bonds. The highest BCUT2D eigenvalue weighted by Gasteiger charge is 2.40. The highest BCUT2D eigenvalue weighted by molar-refractivity contribution is 5.91. The van der Waals surface area contributed by atoms with Crippen molar-refractivity contribution in [3.63, 3.8) is 0 Å². The average molecular weight is 636 g/mol. The van der Waals surface area contributed by atoms with Crippen LogP contribution < -0.4 is 16.0 Å². The fourth-order valence-corrected chi connectivity index (χ4v) is 3.51. The monoisotopic (exact) mass is 635 g/mol. The van der Waals surface area contributed by atoms with Crippen molar-refractivity contribution < 1.29 is 48.5 Å². The molecule has 0 bridgehead atoms. The van der Waals surface area contributed by atoms with Gasteiger partial charge in [0.25, 0.3) is 0 Å². The molecule has 13 heteroatoms. The van der Waals surface area contributed by atoms with Crippen LogP contribution in [0.1, 0.15) is 109 Å². The number of carbonyl (C=O) groups excluding carboxylic acids is 4. The summed E-state index contributed by atoms with van der Waals surface area (Å²) in [6.07, 6.45) is -0.545. The molecule has 0 radical (unpaired) electrons. The first-order valence-electron chi connectivity index (χ1n) is 15.3. The Morgan fingerprint density at radius 1 is 0.727 bits per heavy atom. The van der Waals surface area contributed by atoms with Gasteiger partial charge in [-0.2, -0.15) is 0 Å². The van der Waals surface area contributed by atoms with E-state index >= 15 is 0 Å². The van der Waals surface area contributed by atoms with Crippen molar-refractivity contribution in [1.82, 2.24) is 16.0 Å². The minimum atomic E-state index is -1.38. The quantitative estimate of drug-likeness (QED) is 0.131. The molecule has 0 aliphatic heterocycles. The molecule has 44 heavy (non-hydrogen) atoms. The lowest BCUT2D eigenvalue weighted by molar-refractivity contribution is -0.151. The summed E-state index contributed by atoms with van der Waals surface area (Å²) in [7, 11) is 0. The average Bonchev–Trinajstić information content (AvgIpc) is 2.94. The van der Waals surface area contributed by atoms with Crippen molar-refractivity contribution in [3.8, 4) is 0 Å². The number of nitrogens with one attached hydrogen (secondary N) is 3. The first-order valence-corrected chi connectivity index (χ1v) is 15.3. The number of hydrogen-bond donors (Lipinski definition) is 5. The Labute approximate surface area is 264 Å². The minimum absolute atomic E-state index is 0.0106. The first kappa shape index (κ1) is 47.9. The molecule has 0 heterocycles. The van der Waals surface area contributed by atoms with Gasteiger partial charge in [-0.3, -0.25) is 24.0 Å². The second-order valence-corrected chi connectivity index (χ2v) is 10.9. The molecule has 0 fully saturated rings. The standard InChI is InChI=1S/C25H43N3O10.3C2H6/c1-16(29)14-38-13-12-37-11-10-26-21(34)25(6,7)28-18(30)9-8-17(19(31)32)27-20(33)23(2,3)15-24(4,5)22(35)36;3*1-2/h17H,8-15H2,1-7H3,(H,26,34)(H,27,33)(H,28,30)(H,31,32)(H,35,36);3*1-2H3. The molecule has 1 unspecified atom stereocenters. The van der Waals surface area contributed by atoms with Gasteiger partial charge in [0, 0.05) is 18.4 Å². The fourth-order valence-electron chi connectivity index (χ4n) is 3.51. The van der Waals surface area contributed by atoms with E-state index in [1.165, 1.54) is 48.5 Å². The highest BCUT2D eigenvalue weighted by Crippen LogP contribution is 2.34. The van der Waals surface area contributed by atoms with E-state index in [1.807, 2.05) is 41.5 Å². The van der Waals surface area contributed by atoms with E-state index in [0.717, 1.165) is 0 Å². The van der Waals surface area contributed by atoms with Crippen LogP contribution in [-0.2, 0) is 38.2 Å². The molecule has 0 aliphatic rings. The van der Waals surface area contributed by atoms with Crippen molar-refractivity contribution in [2.45, 2.75) is 121 Å². The zero-order valence-corrected chi connectivity index (χ0v) is 29.4. The normalized spacial score (nSPS) is 11.5. The van der Waals surface area contributed by atoms with Gasteiger partial charge in [-0.25, -0.2) is 4.79 Å². The maximum absolute atomic E-state index is 12.7. The zero-order chi connectivity index (χ0) is 35.7. The zero-order valence-electron chi connectivity index (χ0n) is 29.4. The van der Waals surface area contributed by atoms with E-state index < -0.39 is 52.1 Å². The van der Waals surface area contributed by atoms with Gasteiger partial charge in [-0.1, -0.05) is 55.4 Å². The number of carboxylic acids is 2. The Balaban J connectivity index is -0.00000125. The third-order valence-corrected chi connectivity index (χ3v) is 5.57. The van der Waals surface area contributed by atoms with Crippen LogP contribution in [0.25, 0.3) is 0 Å². The minimum Gasteiger partial charge on any atom is -0.481 e. The fraction of sp³-hybridized carbons (Fsp3) is 0.806. The van der Waals surface area contributed by atoms with Crippen LogP contribution in [-0.4, -0.2) is 90.2 Å². The molecule has 5 N–H and O–H groups in total. The Hall–Kier alpha value is -3.06. The van der Waals surface area contributed by atoms with E-state index in [9.17, 15) is 39.0 Å². The van der Waals surface area contributed by atoms with Gasteiger partial charge < -0.3 is 35.6 Å². The molecule has 0 aromatic rings. The molecule has 0 saturated heterocycles. The molecule has 1 atom stereocenters. The van der Waals surface area contributed by atoms with E-state index in [2.05, 4.69) is 16.0 Å². The molecular weight excluding hydrogens is 574 g/mol. The summed E-state index contributed by atoms with van der Waals surface area (Å²) < 4.78 is 10.3.